The number of nitrogens with one attached hydrogen (secondary N) is 1. The number of nitrogens with zero attached hydrogens (tertiary/aromatic N) is 1. The van der Waals surface area contributed by atoms with E-state index in [-0.39, 0.29) is 5.02 Å². The minimum atomic E-state index is -0.432. The van der Waals surface area contributed by atoms with Crippen molar-refractivity contribution in [2.24, 2.45) is 4.99 Å². The number of anilines is 1. The van der Waals surface area contributed by atoms with Crippen LogP contribution in [-0.4, -0.2) is 11.4 Å². The molecule has 2 aromatic rings. The van der Waals surface area contributed by atoms with Gasteiger partial charge in [0.2, 0.25) is 0 Å². The molecule has 2 aromatic carbocycles. The molecule has 0 unspecified atom stereocenters. The van der Waals surface area contributed by atoms with Gasteiger partial charge in [-0.25, -0.2) is 9.38 Å². The summed E-state index contributed by atoms with van der Waals surface area (Å²) in [6, 6.07) is 14.1. The highest BCUT2D eigenvalue weighted by Gasteiger charge is 2.03. The normalized spacial score (nSPS) is 11.4. The monoisotopic (exact) mass is 294 g/mol. The SMILES string of the molecule is CSC(=Nc1ccccc1)Nc1ccc(F)c(Cl)c1. The summed E-state index contributed by atoms with van der Waals surface area (Å²) in [6.07, 6.45) is 1.92. The Morgan fingerprint density at radius 2 is 1.95 bits per heavy atom. The van der Waals surface area contributed by atoms with E-state index in [4.69, 9.17) is 11.6 Å². The molecule has 0 amide bonds. The first-order valence-electron chi connectivity index (χ1n) is 5.59. The van der Waals surface area contributed by atoms with Crippen LogP contribution >= 0.6 is 23.4 Å². The quantitative estimate of drug-likeness (QED) is 0.626. The fourth-order valence-corrected chi connectivity index (χ4v) is 2.04. The lowest BCUT2D eigenvalue weighted by atomic mass is 10.3. The van der Waals surface area contributed by atoms with Crippen molar-refractivity contribution in [3.05, 3.63) is 59.4 Å². The molecule has 5 heteroatoms. The maximum absolute atomic E-state index is 13.1. The van der Waals surface area contributed by atoms with Gasteiger partial charge >= 0.3 is 0 Å². The predicted octanol–water partition coefficient (Wildman–Crippen LogP) is 4.94. The van der Waals surface area contributed by atoms with Crippen molar-refractivity contribution in [1.29, 1.82) is 0 Å². The van der Waals surface area contributed by atoms with Crippen LogP contribution in [0.25, 0.3) is 0 Å². The Hall–Kier alpha value is -1.52. The minimum Gasteiger partial charge on any atom is -0.335 e. The predicted molar refractivity (Wildman–Crippen MR) is 82.1 cm³/mol. The van der Waals surface area contributed by atoms with Gasteiger partial charge in [0, 0.05) is 5.69 Å². The van der Waals surface area contributed by atoms with Crippen molar-refractivity contribution in [3.8, 4) is 0 Å². The first-order valence-corrected chi connectivity index (χ1v) is 7.19. The number of rotatable bonds is 2. The van der Waals surface area contributed by atoms with Gasteiger partial charge in [0.05, 0.1) is 10.7 Å². The highest BCUT2D eigenvalue weighted by molar-refractivity contribution is 8.13. The summed E-state index contributed by atoms with van der Waals surface area (Å²) in [6.45, 7) is 0. The highest BCUT2D eigenvalue weighted by atomic mass is 35.5. The van der Waals surface area contributed by atoms with Gasteiger partial charge in [-0.15, -0.1) is 0 Å². The van der Waals surface area contributed by atoms with Crippen LogP contribution in [0.5, 0.6) is 0 Å². The molecule has 0 saturated carbocycles. The lowest BCUT2D eigenvalue weighted by molar-refractivity contribution is 0.628. The van der Waals surface area contributed by atoms with E-state index in [9.17, 15) is 4.39 Å². The lowest BCUT2D eigenvalue weighted by Gasteiger charge is -2.08. The first-order chi connectivity index (χ1) is 9.19. The maximum Gasteiger partial charge on any atom is 0.165 e. The summed E-state index contributed by atoms with van der Waals surface area (Å²) in [5, 5.41) is 3.91. The van der Waals surface area contributed by atoms with Crippen LogP contribution in [0.4, 0.5) is 15.8 Å². The Morgan fingerprint density at radius 3 is 2.58 bits per heavy atom. The number of thioether (sulfide) groups is 1. The molecule has 0 radical (unpaired) electrons. The fourth-order valence-electron chi connectivity index (χ4n) is 1.44. The summed E-state index contributed by atoms with van der Waals surface area (Å²) in [5.74, 6) is -0.432. The summed E-state index contributed by atoms with van der Waals surface area (Å²) in [5.41, 5.74) is 1.56. The van der Waals surface area contributed by atoms with Gasteiger partial charge in [-0.2, -0.15) is 0 Å². The first kappa shape index (κ1) is 13.9. The van der Waals surface area contributed by atoms with Gasteiger partial charge in [0.25, 0.3) is 0 Å². The van der Waals surface area contributed by atoms with Gasteiger partial charge in [-0.05, 0) is 36.6 Å². The smallest absolute Gasteiger partial charge is 0.165 e. The van der Waals surface area contributed by atoms with Gasteiger partial charge in [-0.3, -0.25) is 0 Å². The van der Waals surface area contributed by atoms with Crippen LogP contribution in [0.15, 0.2) is 53.5 Å². The molecule has 0 aromatic heterocycles. The Morgan fingerprint density at radius 1 is 1.21 bits per heavy atom. The standard InChI is InChI=1S/C14H12ClFN2S/c1-19-14(17-10-5-3-2-4-6-10)18-11-7-8-13(16)12(15)9-11/h2-9H,1H3,(H,17,18). The third-order valence-corrected chi connectivity index (χ3v) is 3.22. The van der Waals surface area contributed by atoms with Crippen LogP contribution in [0.2, 0.25) is 5.02 Å². The van der Waals surface area contributed by atoms with Crippen LogP contribution in [-0.2, 0) is 0 Å². The molecule has 0 bridgehead atoms. The van der Waals surface area contributed by atoms with Crippen molar-refractivity contribution in [3.63, 3.8) is 0 Å². The average molecular weight is 295 g/mol. The Bertz CT molecular complexity index is 587. The molecule has 0 aliphatic heterocycles. The molecule has 0 fully saturated rings. The molecule has 19 heavy (non-hydrogen) atoms. The molecular formula is C14H12ClFN2S. The van der Waals surface area contributed by atoms with E-state index in [1.54, 1.807) is 6.07 Å². The van der Waals surface area contributed by atoms with E-state index in [2.05, 4.69) is 10.3 Å². The molecule has 1 N–H and O–H groups in total. The molecule has 0 aliphatic carbocycles. The molecule has 98 valence electrons. The number of hydrogen-bond acceptors (Lipinski definition) is 2. The number of aliphatic imine (C=N–C) groups is 1. The zero-order chi connectivity index (χ0) is 13.7. The van der Waals surface area contributed by atoms with Crippen LogP contribution in [0, 0.1) is 5.82 Å². The zero-order valence-corrected chi connectivity index (χ0v) is 11.8. The van der Waals surface area contributed by atoms with Crippen molar-refractivity contribution in [2.75, 3.05) is 11.6 Å². The van der Waals surface area contributed by atoms with Crippen molar-refractivity contribution in [1.82, 2.24) is 0 Å². The largest absolute Gasteiger partial charge is 0.335 e. The topological polar surface area (TPSA) is 24.4 Å². The third kappa shape index (κ3) is 3.98. The van der Waals surface area contributed by atoms with Crippen molar-refractivity contribution >= 4 is 39.9 Å². The average Bonchev–Trinajstić information content (AvgIpc) is 2.43. The number of amidine groups is 1. The van der Waals surface area contributed by atoms with Gasteiger partial charge in [0.15, 0.2) is 5.17 Å². The molecular weight excluding hydrogens is 283 g/mol. The summed E-state index contributed by atoms with van der Waals surface area (Å²) in [7, 11) is 0. The fraction of sp³-hybridized carbons (Fsp3) is 0.0714. The van der Waals surface area contributed by atoms with E-state index in [1.807, 2.05) is 36.6 Å². The van der Waals surface area contributed by atoms with E-state index in [0.29, 0.717) is 10.9 Å². The number of hydrogen-bond donors (Lipinski definition) is 1. The Kier molecular flexibility index (Phi) is 4.82. The van der Waals surface area contributed by atoms with Crippen molar-refractivity contribution < 1.29 is 4.39 Å². The second-order valence-corrected chi connectivity index (χ2v) is 4.91. The Balaban J connectivity index is 2.19. The molecule has 0 heterocycles. The number of para-hydroxylation sites is 1. The van der Waals surface area contributed by atoms with Crippen LogP contribution in [0.1, 0.15) is 0 Å². The summed E-state index contributed by atoms with van der Waals surface area (Å²) >= 11 is 7.21. The zero-order valence-electron chi connectivity index (χ0n) is 10.2. The van der Waals surface area contributed by atoms with E-state index >= 15 is 0 Å². The van der Waals surface area contributed by atoms with E-state index in [0.717, 1.165) is 5.69 Å². The molecule has 0 saturated heterocycles. The Labute approximate surface area is 120 Å². The maximum atomic E-state index is 13.1. The molecule has 0 spiro atoms. The molecule has 2 nitrogen and oxygen atoms in total. The summed E-state index contributed by atoms with van der Waals surface area (Å²) in [4.78, 5) is 4.46. The lowest BCUT2D eigenvalue weighted by Crippen LogP contribution is -2.06. The second kappa shape index (κ2) is 6.59. The van der Waals surface area contributed by atoms with E-state index < -0.39 is 5.82 Å². The van der Waals surface area contributed by atoms with E-state index in [1.165, 1.54) is 23.9 Å². The third-order valence-electron chi connectivity index (χ3n) is 2.35. The van der Waals surface area contributed by atoms with Gasteiger partial charge < -0.3 is 5.32 Å². The van der Waals surface area contributed by atoms with Gasteiger partial charge in [0.1, 0.15) is 5.82 Å². The highest BCUT2D eigenvalue weighted by Crippen LogP contribution is 2.21. The van der Waals surface area contributed by atoms with Crippen LogP contribution in [0.3, 0.4) is 0 Å². The van der Waals surface area contributed by atoms with Gasteiger partial charge in [-0.1, -0.05) is 41.6 Å². The summed E-state index contributed by atoms with van der Waals surface area (Å²) < 4.78 is 13.1. The molecule has 0 atom stereocenters. The van der Waals surface area contributed by atoms with Crippen LogP contribution < -0.4 is 5.32 Å². The van der Waals surface area contributed by atoms with Crippen molar-refractivity contribution in [2.45, 2.75) is 0 Å². The minimum absolute atomic E-state index is 0.0881. The second-order valence-electron chi connectivity index (χ2n) is 3.71. The molecule has 0 aliphatic rings. The number of halogens is 2. The molecule has 2 rings (SSSR count). The number of benzene rings is 2.